The second-order valence-electron chi connectivity index (χ2n) is 5.66. The van der Waals surface area contributed by atoms with Crippen molar-refractivity contribution in [3.8, 4) is 5.75 Å². The minimum atomic E-state index is -0.103. The minimum Gasteiger partial charge on any atom is -0.496 e. The van der Waals surface area contributed by atoms with Crippen molar-refractivity contribution in [3.63, 3.8) is 0 Å². The van der Waals surface area contributed by atoms with E-state index in [4.69, 9.17) is 4.74 Å². The third-order valence-electron chi connectivity index (χ3n) is 4.06. The number of methoxy groups -OCH3 is 1. The highest BCUT2D eigenvalue weighted by Crippen LogP contribution is 2.21. The van der Waals surface area contributed by atoms with Gasteiger partial charge in [0.15, 0.2) is 0 Å². The number of amides is 1. The predicted molar refractivity (Wildman–Crippen MR) is 94.4 cm³/mol. The molecule has 23 heavy (non-hydrogen) atoms. The zero-order chi connectivity index (χ0) is 16.8. The van der Waals surface area contributed by atoms with Crippen molar-refractivity contribution < 1.29 is 9.53 Å². The number of nitrogens with zero attached hydrogens (tertiary/aromatic N) is 1. The SMILES string of the molecule is COc1cccc(C)c1C(=O)NCC(C)N(C)c1ccccc1. The number of para-hydroxylation sites is 1. The number of benzene rings is 2. The van der Waals surface area contributed by atoms with Crippen LogP contribution >= 0.6 is 0 Å². The average Bonchev–Trinajstić information content (AvgIpc) is 2.59. The van der Waals surface area contributed by atoms with Gasteiger partial charge in [0.25, 0.3) is 5.91 Å². The summed E-state index contributed by atoms with van der Waals surface area (Å²) in [7, 11) is 3.61. The van der Waals surface area contributed by atoms with Gasteiger partial charge in [0.1, 0.15) is 5.75 Å². The van der Waals surface area contributed by atoms with Gasteiger partial charge >= 0.3 is 0 Å². The van der Waals surface area contributed by atoms with E-state index in [1.165, 1.54) is 0 Å². The molecule has 0 heterocycles. The highest BCUT2D eigenvalue weighted by molar-refractivity contribution is 5.98. The Bertz CT molecular complexity index is 656. The fraction of sp³-hybridized carbons (Fsp3) is 0.316. The molecule has 0 aliphatic heterocycles. The molecule has 2 aromatic rings. The van der Waals surface area contributed by atoms with Crippen LogP contribution in [0.1, 0.15) is 22.8 Å². The summed E-state index contributed by atoms with van der Waals surface area (Å²) in [6, 6.07) is 15.9. The number of carbonyl (C=O) groups is 1. The van der Waals surface area contributed by atoms with Crippen LogP contribution < -0.4 is 15.0 Å². The first-order valence-electron chi connectivity index (χ1n) is 7.74. The molecule has 2 aromatic carbocycles. The van der Waals surface area contributed by atoms with Gasteiger partial charge < -0.3 is 15.0 Å². The number of anilines is 1. The first kappa shape index (κ1) is 16.9. The second-order valence-corrected chi connectivity index (χ2v) is 5.66. The van der Waals surface area contributed by atoms with Crippen LogP contribution in [0.15, 0.2) is 48.5 Å². The number of hydrogen-bond acceptors (Lipinski definition) is 3. The lowest BCUT2D eigenvalue weighted by atomic mass is 10.1. The molecule has 0 bridgehead atoms. The molecule has 4 nitrogen and oxygen atoms in total. The normalized spacial score (nSPS) is 11.7. The summed E-state index contributed by atoms with van der Waals surface area (Å²) in [4.78, 5) is 14.6. The molecule has 1 atom stereocenters. The average molecular weight is 312 g/mol. The van der Waals surface area contributed by atoms with Crippen molar-refractivity contribution in [2.75, 3.05) is 25.6 Å². The van der Waals surface area contributed by atoms with Crippen LogP contribution in [0.25, 0.3) is 0 Å². The number of ether oxygens (including phenoxy) is 1. The quantitative estimate of drug-likeness (QED) is 0.890. The highest BCUT2D eigenvalue weighted by Gasteiger charge is 2.17. The highest BCUT2D eigenvalue weighted by atomic mass is 16.5. The maximum absolute atomic E-state index is 12.5. The van der Waals surface area contributed by atoms with Gasteiger partial charge in [-0.3, -0.25) is 4.79 Å². The monoisotopic (exact) mass is 312 g/mol. The van der Waals surface area contributed by atoms with Crippen molar-refractivity contribution in [3.05, 3.63) is 59.7 Å². The van der Waals surface area contributed by atoms with Crippen LogP contribution in [-0.2, 0) is 0 Å². The lowest BCUT2D eigenvalue weighted by Crippen LogP contribution is -2.40. The summed E-state index contributed by atoms with van der Waals surface area (Å²) >= 11 is 0. The number of likely N-dealkylation sites (N-methyl/N-ethyl adjacent to an activating group) is 1. The lowest BCUT2D eigenvalue weighted by molar-refractivity contribution is 0.0948. The molecule has 0 fully saturated rings. The third-order valence-corrected chi connectivity index (χ3v) is 4.06. The fourth-order valence-electron chi connectivity index (χ4n) is 2.49. The fourth-order valence-corrected chi connectivity index (χ4v) is 2.49. The lowest BCUT2D eigenvalue weighted by Gasteiger charge is -2.27. The van der Waals surface area contributed by atoms with Gasteiger partial charge in [-0.15, -0.1) is 0 Å². The molecule has 0 spiro atoms. The standard InChI is InChI=1S/C19H24N2O2/c1-14-9-8-12-17(23-4)18(14)19(22)20-13-15(2)21(3)16-10-6-5-7-11-16/h5-12,15H,13H2,1-4H3,(H,20,22). The number of hydrogen-bond donors (Lipinski definition) is 1. The van der Waals surface area contributed by atoms with Crippen LogP contribution in [0, 0.1) is 6.92 Å². The van der Waals surface area contributed by atoms with Crippen LogP contribution in [-0.4, -0.2) is 32.7 Å². The maximum Gasteiger partial charge on any atom is 0.255 e. The van der Waals surface area contributed by atoms with Crippen LogP contribution in [0.4, 0.5) is 5.69 Å². The maximum atomic E-state index is 12.5. The van der Waals surface area contributed by atoms with Crippen molar-refractivity contribution >= 4 is 11.6 Å². The molecule has 122 valence electrons. The van der Waals surface area contributed by atoms with E-state index in [1.807, 2.05) is 44.3 Å². The Labute approximate surface area is 138 Å². The molecular weight excluding hydrogens is 288 g/mol. The van der Waals surface area contributed by atoms with Crippen molar-refractivity contribution in [1.29, 1.82) is 0 Å². The second kappa shape index (κ2) is 7.68. The summed E-state index contributed by atoms with van der Waals surface area (Å²) in [6.07, 6.45) is 0. The Kier molecular flexibility index (Phi) is 5.63. The van der Waals surface area contributed by atoms with Gasteiger partial charge in [-0.1, -0.05) is 30.3 Å². The number of rotatable bonds is 6. The number of nitrogens with one attached hydrogen (secondary N) is 1. The smallest absolute Gasteiger partial charge is 0.255 e. The summed E-state index contributed by atoms with van der Waals surface area (Å²) < 4.78 is 5.30. The molecule has 0 aliphatic rings. The molecule has 0 saturated carbocycles. The van der Waals surface area contributed by atoms with Crippen LogP contribution in [0.2, 0.25) is 0 Å². The van der Waals surface area contributed by atoms with E-state index in [9.17, 15) is 4.79 Å². The van der Waals surface area contributed by atoms with E-state index in [-0.39, 0.29) is 11.9 Å². The van der Waals surface area contributed by atoms with E-state index in [0.717, 1.165) is 11.3 Å². The molecule has 4 heteroatoms. The molecule has 1 unspecified atom stereocenters. The van der Waals surface area contributed by atoms with E-state index >= 15 is 0 Å². The molecular formula is C19H24N2O2. The predicted octanol–water partition coefficient (Wildman–Crippen LogP) is 3.26. The van der Waals surface area contributed by atoms with Gasteiger partial charge in [-0.05, 0) is 37.6 Å². The van der Waals surface area contributed by atoms with Crippen molar-refractivity contribution in [2.24, 2.45) is 0 Å². The van der Waals surface area contributed by atoms with E-state index in [2.05, 4.69) is 29.3 Å². The topological polar surface area (TPSA) is 41.6 Å². The number of aryl methyl sites for hydroxylation is 1. The van der Waals surface area contributed by atoms with E-state index < -0.39 is 0 Å². The van der Waals surface area contributed by atoms with Gasteiger partial charge in [0.2, 0.25) is 0 Å². The van der Waals surface area contributed by atoms with E-state index in [1.54, 1.807) is 13.2 Å². The first-order valence-corrected chi connectivity index (χ1v) is 7.74. The molecule has 0 saturated heterocycles. The zero-order valence-corrected chi connectivity index (χ0v) is 14.2. The molecule has 2 rings (SSSR count). The third kappa shape index (κ3) is 4.03. The van der Waals surface area contributed by atoms with Crippen molar-refractivity contribution in [2.45, 2.75) is 19.9 Å². The Hall–Kier alpha value is -2.49. The molecule has 0 aromatic heterocycles. The van der Waals surface area contributed by atoms with Gasteiger partial charge in [-0.2, -0.15) is 0 Å². The van der Waals surface area contributed by atoms with Crippen LogP contribution in [0.3, 0.4) is 0 Å². The van der Waals surface area contributed by atoms with E-state index in [0.29, 0.717) is 17.9 Å². The van der Waals surface area contributed by atoms with Gasteiger partial charge in [0.05, 0.1) is 12.7 Å². The molecule has 1 N–H and O–H groups in total. The Morgan fingerprint density at radius 3 is 2.52 bits per heavy atom. The molecule has 1 amide bonds. The Morgan fingerprint density at radius 2 is 1.87 bits per heavy atom. The summed E-state index contributed by atoms with van der Waals surface area (Å²) in [5.74, 6) is 0.500. The van der Waals surface area contributed by atoms with Gasteiger partial charge in [0, 0.05) is 25.3 Å². The molecule has 0 aliphatic carbocycles. The first-order chi connectivity index (χ1) is 11.0. The van der Waals surface area contributed by atoms with Crippen LogP contribution in [0.5, 0.6) is 5.75 Å². The Balaban J connectivity index is 2.02. The Morgan fingerprint density at radius 1 is 1.17 bits per heavy atom. The van der Waals surface area contributed by atoms with Gasteiger partial charge in [-0.25, -0.2) is 0 Å². The zero-order valence-electron chi connectivity index (χ0n) is 14.2. The molecule has 0 radical (unpaired) electrons. The van der Waals surface area contributed by atoms with Crippen molar-refractivity contribution in [1.82, 2.24) is 5.32 Å². The minimum absolute atomic E-state index is 0.103. The number of carbonyl (C=O) groups excluding carboxylic acids is 1. The summed E-state index contributed by atoms with van der Waals surface area (Å²) in [5, 5.41) is 3.00. The summed E-state index contributed by atoms with van der Waals surface area (Å²) in [5.41, 5.74) is 2.64. The largest absolute Gasteiger partial charge is 0.496 e. The summed E-state index contributed by atoms with van der Waals surface area (Å²) in [6.45, 7) is 4.56.